The molecule has 0 amide bonds. The molecule has 2 aliphatic heterocycles. The van der Waals surface area contributed by atoms with Crippen LogP contribution in [0.2, 0.25) is 0 Å². The van der Waals surface area contributed by atoms with Gasteiger partial charge in [0, 0.05) is 0 Å². The van der Waals surface area contributed by atoms with Crippen LogP contribution in [0.25, 0.3) is 21.8 Å². The van der Waals surface area contributed by atoms with Crippen LogP contribution >= 0.6 is 0 Å². The molecular weight excluding hydrogens is 435 g/mol. The fourth-order valence-electron chi connectivity index (χ4n) is 5.60. The standard InChI is InChI=1S/C27H34B3NO4/c1-24(2)25(3,4)33-29(32-24)18-11-16-9-10-17-12-19(30-34-26(5,6)27(7,8)35-30)14-21-23(17)22(16)20(13-18)31(21)15-28/h11-15,28H,9-10H2,1-8H3. The minimum atomic E-state index is -0.390. The first-order valence-corrected chi connectivity index (χ1v) is 12.7. The van der Waals surface area contributed by atoms with Crippen LogP contribution in [0.1, 0.15) is 66.5 Å². The summed E-state index contributed by atoms with van der Waals surface area (Å²) in [7, 11) is 3.39. The molecule has 0 atom stereocenters. The van der Waals surface area contributed by atoms with Gasteiger partial charge in [-0.2, -0.15) is 0 Å². The number of nitrogens with zero attached hydrogens (tertiary/aromatic N) is 1. The Kier molecular flexibility index (Phi) is 4.79. The van der Waals surface area contributed by atoms with Crippen molar-refractivity contribution in [1.29, 1.82) is 0 Å². The van der Waals surface area contributed by atoms with Gasteiger partial charge in [-0.1, -0.05) is 0 Å². The normalized spacial score (nSPS) is 23.6. The first kappa shape index (κ1) is 23.5. The van der Waals surface area contributed by atoms with E-state index in [1.807, 2.05) is 6.09 Å². The summed E-state index contributed by atoms with van der Waals surface area (Å²) in [6.45, 7) is 16.8. The van der Waals surface area contributed by atoms with E-state index in [4.69, 9.17) is 18.6 Å². The molecular formula is C27H34B3NO4. The molecule has 0 bridgehead atoms. The molecule has 3 aliphatic rings. The molecule has 2 fully saturated rings. The summed E-state index contributed by atoms with van der Waals surface area (Å²) in [4.78, 5) is 0. The third-order valence-corrected chi connectivity index (χ3v) is 9.11. The van der Waals surface area contributed by atoms with Crippen molar-refractivity contribution in [3.63, 3.8) is 0 Å². The second-order valence-corrected chi connectivity index (χ2v) is 12.4. The molecule has 1 aliphatic carbocycles. The summed E-state index contributed by atoms with van der Waals surface area (Å²) >= 11 is 0. The second-order valence-electron chi connectivity index (χ2n) is 12.4. The van der Waals surface area contributed by atoms with Crippen LogP contribution < -0.4 is 10.9 Å². The molecule has 2 saturated heterocycles. The first-order chi connectivity index (χ1) is 16.2. The number of benzene rings is 2. The molecule has 3 aromatic rings. The Labute approximate surface area is 209 Å². The molecule has 0 saturated carbocycles. The molecule has 0 N–H and O–H groups in total. The van der Waals surface area contributed by atoms with Gasteiger partial charge in [-0.15, -0.1) is 0 Å². The third-order valence-electron chi connectivity index (χ3n) is 9.11. The average molecular weight is 469 g/mol. The Hall–Kier alpha value is -1.86. The molecule has 180 valence electrons. The van der Waals surface area contributed by atoms with Crippen molar-refractivity contribution in [2.24, 2.45) is 0 Å². The fraction of sp³-hybridized carbons (Fsp3) is 0.519. The van der Waals surface area contributed by atoms with E-state index < -0.39 is 14.2 Å². The maximum atomic E-state index is 6.40. The number of rotatable bonds is 3. The molecule has 3 heterocycles. The Balaban J connectivity index is 1.52. The fourth-order valence-corrected chi connectivity index (χ4v) is 5.60. The van der Waals surface area contributed by atoms with Gasteiger partial charge in [0.25, 0.3) is 0 Å². The van der Waals surface area contributed by atoms with Crippen molar-refractivity contribution in [2.45, 2.75) is 90.6 Å². The van der Waals surface area contributed by atoms with Crippen LogP contribution in [0, 0.1) is 0 Å². The monoisotopic (exact) mass is 469 g/mol. The van der Waals surface area contributed by atoms with Crippen molar-refractivity contribution in [2.75, 3.05) is 0 Å². The summed E-state index contributed by atoms with van der Waals surface area (Å²) in [5.74, 6) is 0. The van der Waals surface area contributed by atoms with Gasteiger partial charge < -0.3 is 0 Å². The molecule has 8 heteroatoms. The van der Waals surface area contributed by atoms with Gasteiger partial charge in [0.15, 0.2) is 0 Å². The molecule has 2 aromatic carbocycles. The van der Waals surface area contributed by atoms with Crippen molar-refractivity contribution >= 4 is 60.5 Å². The van der Waals surface area contributed by atoms with E-state index in [0.717, 1.165) is 34.8 Å². The summed E-state index contributed by atoms with van der Waals surface area (Å²) in [6.07, 6.45) is 3.85. The van der Waals surface area contributed by atoms with Crippen LogP contribution in [-0.2, 0) is 31.5 Å². The van der Waals surface area contributed by atoms with E-state index in [-0.39, 0.29) is 22.4 Å². The van der Waals surface area contributed by atoms with Crippen molar-refractivity contribution in [1.82, 2.24) is 4.57 Å². The predicted molar refractivity (Wildman–Crippen MR) is 147 cm³/mol. The molecule has 0 radical (unpaired) electrons. The Bertz CT molecular complexity index is 1270. The Morgan fingerprint density at radius 2 is 1.00 bits per heavy atom. The molecule has 35 heavy (non-hydrogen) atoms. The van der Waals surface area contributed by atoms with Gasteiger partial charge in [0.2, 0.25) is 0 Å². The van der Waals surface area contributed by atoms with E-state index in [1.54, 1.807) is 0 Å². The number of hydrogen-bond acceptors (Lipinski definition) is 4. The van der Waals surface area contributed by atoms with Gasteiger partial charge in [0.05, 0.1) is 0 Å². The number of hydrogen-bond donors (Lipinski definition) is 0. The topological polar surface area (TPSA) is 41.9 Å². The van der Waals surface area contributed by atoms with E-state index in [2.05, 4.69) is 91.7 Å². The summed E-state index contributed by atoms with van der Waals surface area (Å²) in [5.41, 5.74) is 5.59. The Morgan fingerprint density at radius 3 is 1.31 bits per heavy atom. The van der Waals surface area contributed by atoms with Gasteiger partial charge in [-0.05, 0) is 0 Å². The van der Waals surface area contributed by atoms with Crippen molar-refractivity contribution in [3.8, 4) is 0 Å². The van der Waals surface area contributed by atoms with Crippen LogP contribution in [0.3, 0.4) is 0 Å². The third kappa shape index (κ3) is 3.23. The molecule has 5 nitrogen and oxygen atoms in total. The van der Waals surface area contributed by atoms with Crippen LogP contribution in [-0.4, -0.2) is 54.8 Å². The van der Waals surface area contributed by atoms with Gasteiger partial charge in [-0.25, -0.2) is 0 Å². The van der Waals surface area contributed by atoms with Crippen molar-refractivity contribution in [3.05, 3.63) is 35.4 Å². The summed E-state index contributed by atoms with van der Waals surface area (Å²) in [5, 5.41) is 2.61. The van der Waals surface area contributed by atoms with Gasteiger partial charge >= 0.3 is 210 Å². The molecule has 0 spiro atoms. The zero-order valence-electron chi connectivity index (χ0n) is 22.2. The van der Waals surface area contributed by atoms with E-state index in [1.165, 1.54) is 21.9 Å². The SMILES string of the molecule is B=Cn1c2cc(B3OC(C)(C)C(C)(C)O3)cc3c2c2c(cc(B4OC(C)(C)C(C)(C)O4)cc21)CC3. The molecule has 1 aromatic heterocycles. The molecule has 0 unspecified atom stereocenters. The second kappa shape index (κ2) is 7.13. The van der Waals surface area contributed by atoms with Crippen LogP contribution in [0.15, 0.2) is 24.3 Å². The minimum absolute atomic E-state index is 0.375. The van der Waals surface area contributed by atoms with E-state index in [9.17, 15) is 0 Å². The van der Waals surface area contributed by atoms with Gasteiger partial charge in [0.1, 0.15) is 0 Å². The Morgan fingerprint density at radius 1 is 0.657 bits per heavy atom. The average Bonchev–Trinajstić information content (AvgIpc) is 3.29. The maximum absolute atomic E-state index is 6.40. The first-order valence-electron chi connectivity index (χ1n) is 12.7. The summed E-state index contributed by atoms with van der Waals surface area (Å²) < 4.78 is 27.8. The number of aromatic nitrogens is 1. The van der Waals surface area contributed by atoms with Crippen LogP contribution in [0.4, 0.5) is 0 Å². The summed E-state index contributed by atoms with van der Waals surface area (Å²) in [6, 6.07) is 8.99. The van der Waals surface area contributed by atoms with Gasteiger partial charge in [-0.3, -0.25) is 0 Å². The van der Waals surface area contributed by atoms with Crippen LogP contribution in [0.5, 0.6) is 0 Å². The zero-order valence-corrected chi connectivity index (χ0v) is 22.2. The quantitative estimate of drug-likeness (QED) is 0.554. The zero-order chi connectivity index (χ0) is 25.1. The van der Waals surface area contributed by atoms with E-state index >= 15 is 0 Å². The predicted octanol–water partition coefficient (Wildman–Crippen LogP) is 3.00. The van der Waals surface area contributed by atoms with E-state index in [0.29, 0.717) is 0 Å². The molecule has 6 rings (SSSR count). The number of aryl methyl sites for hydroxylation is 2. The van der Waals surface area contributed by atoms with Crippen molar-refractivity contribution < 1.29 is 18.6 Å².